The van der Waals surface area contributed by atoms with Crippen molar-refractivity contribution in [3.63, 3.8) is 0 Å². The van der Waals surface area contributed by atoms with Gasteiger partial charge in [0.05, 0.1) is 12.2 Å². The molecule has 0 aromatic carbocycles. The highest BCUT2D eigenvalue weighted by atomic mass is 32.2. The molecule has 0 amide bonds. The van der Waals surface area contributed by atoms with Crippen LogP contribution in [0.1, 0.15) is 39.5 Å². The van der Waals surface area contributed by atoms with Crippen LogP contribution in [0.25, 0.3) is 0 Å². The van der Waals surface area contributed by atoms with Crippen LogP contribution in [0.15, 0.2) is 0 Å². The largest absolute Gasteiger partial charge is 0.373 e. The van der Waals surface area contributed by atoms with Crippen LogP contribution < -0.4 is 4.72 Å². The van der Waals surface area contributed by atoms with E-state index >= 15 is 0 Å². The average Bonchev–Trinajstić information content (AvgIpc) is 2.66. The Kier molecular flexibility index (Phi) is 6.43. The fourth-order valence-corrected chi connectivity index (χ4v) is 4.44. The van der Waals surface area contributed by atoms with Gasteiger partial charge >= 0.3 is 0 Å². The molecule has 2 heterocycles. The maximum atomic E-state index is 12.3. The summed E-state index contributed by atoms with van der Waals surface area (Å²) in [7, 11) is -3.31. The second-order valence-electron chi connectivity index (χ2n) is 6.23. The van der Waals surface area contributed by atoms with E-state index in [-0.39, 0.29) is 12.2 Å². The zero-order valence-electron chi connectivity index (χ0n) is 13.3. The molecular weight excluding hydrogens is 290 g/mol. The molecule has 6 nitrogen and oxygen atoms in total. The van der Waals surface area contributed by atoms with Crippen molar-refractivity contribution in [3.8, 4) is 0 Å². The Hall–Kier alpha value is -0.210. The van der Waals surface area contributed by atoms with Crippen molar-refractivity contribution in [2.24, 2.45) is 0 Å². The van der Waals surface area contributed by atoms with E-state index in [1.807, 2.05) is 0 Å². The minimum absolute atomic E-state index is 0.218. The predicted molar refractivity (Wildman–Crippen MR) is 83.4 cm³/mol. The van der Waals surface area contributed by atoms with Crippen molar-refractivity contribution in [3.05, 3.63) is 0 Å². The van der Waals surface area contributed by atoms with Gasteiger partial charge in [-0.1, -0.05) is 12.8 Å². The van der Waals surface area contributed by atoms with Crippen molar-refractivity contribution in [2.75, 3.05) is 39.3 Å². The molecule has 21 heavy (non-hydrogen) atoms. The van der Waals surface area contributed by atoms with Crippen LogP contribution >= 0.6 is 0 Å². The lowest BCUT2D eigenvalue weighted by Crippen LogP contribution is -2.49. The average molecular weight is 319 g/mol. The van der Waals surface area contributed by atoms with Gasteiger partial charge in [-0.2, -0.15) is 12.7 Å². The van der Waals surface area contributed by atoms with E-state index in [0.717, 1.165) is 45.3 Å². The molecule has 0 saturated carbocycles. The molecule has 0 unspecified atom stereocenters. The maximum Gasteiger partial charge on any atom is 0.279 e. The Labute approximate surface area is 129 Å². The molecule has 2 fully saturated rings. The molecule has 2 atom stereocenters. The predicted octanol–water partition coefficient (Wildman–Crippen LogP) is 0.806. The molecular formula is C14H29N3O3S. The van der Waals surface area contributed by atoms with E-state index in [4.69, 9.17) is 4.74 Å². The minimum Gasteiger partial charge on any atom is -0.373 e. The van der Waals surface area contributed by atoms with Gasteiger partial charge in [0.15, 0.2) is 0 Å². The maximum absolute atomic E-state index is 12.3. The van der Waals surface area contributed by atoms with E-state index in [2.05, 4.69) is 23.5 Å². The highest BCUT2D eigenvalue weighted by Crippen LogP contribution is 2.13. The van der Waals surface area contributed by atoms with Gasteiger partial charge < -0.3 is 4.74 Å². The number of hydrogen-bond acceptors (Lipinski definition) is 4. The number of hydrogen-bond donors (Lipinski definition) is 1. The summed E-state index contributed by atoms with van der Waals surface area (Å²) in [4.78, 5) is 2.27. The smallest absolute Gasteiger partial charge is 0.279 e. The Bertz CT molecular complexity index is 398. The Balaban J connectivity index is 1.76. The van der Waals surface area contributed by atoms with Crippen LogP contribution in [0.3, 0.4) is 0 Å². The molecule has 0 aliphatic carbocycles. The highest BCUT2D eigenvalue weighted by molar-refractivity contribution is 7.87. The third kappa shape index (κ3) is 5.49. The first-order valence-corrected chi connectivity index (χ1v) is 9.54. The first-order chi connectivity index (χ1) is 9.97. The number of rotatable bonds is 5. The molecule has 124 valence electrons. The summed E-state index contributed by atoms with van der Waals surface area (Å²) >= 11 is 0. The molecule has 0 bridgehead atoms. The molecule has 1 N–H and O–H groups in total. The zero-order valence-corrected chi connectivity index (χ0v) is 14.1. The monoisotopic (exact) mass is 319 g/mol. The lowest BCUT2D eigenvalue weighted by molar-refractivity contribution is -0.0671. The molecule has 0 aromatic heterocycles. The Morgan fingerprint density at radius 1 is 1.05 bits per heavy atom. The SMILES string of the molecule is C[C@@H]1CN(CCNS(=O)(=O)N2CCCCCC2)C[C@H](C)O1. The van der Waals surface area contributed by atoms with Gasteiger partial charge in [-0.05, 0) is 26.7 Å². The number of ether oxygens (including phenoxy) is 1. The van der Waals surface area contributed by atoms with Gasteiger partial charge in [-0.15, -0.1) is 0 Å². The summed E-state index contributed by atoms with van der Waals surface area (Å²) in [5.41, 5.74) is 0. The molecule has 2 saturated heterocycles. The second-order valence-corrected chi connectivity index (χ2v) is 7.98. The quantitative estimate of drug-likeness (QED) is 0.814. The van der Waals surface area contributed by atoms with Gasteiger partial charge in [0.25, 0.3) is 10.2 Å². The van der Waals surface area contributed by atoms with Crippen molar-refractivity contribution < 1.29 is 13.2 Å². The summed E-state index contributed by atoms with van der Waals surface area (Å²) in [6.45, 7) is 8.38. The van der Waals surface area contributed by atoms with Crippen molar-refractivity contribution in [1.29, 1.82) is 0 Å². The topological polar surface area (TPSA) is 61.9 Å². The first-order valence-electron chi connectivity index (χ1n) is 8.10. The van der Waals surface area contributed by atoms with Crippen LogP contribution in [0.5, 0.6) is 0 Å². The molecule has 2 aliphatic heterocycles. The fraction of sp³-hybridized carbons (Fsp3) is 1.00. The first kappa shape index (κ1) is 17.1. The Morgan fingerprint density at radius 3 is 2.19 bits per heavy atom. The van der Waals surface area contributed by atoms with E-state index in [1.54, 1.807) is 4.31 Å². The lowest BCUT2D eigenvalue weighted by Gasteiger charge is -2.35. The summed E-state index contributed by atoms with van der Waals surface area (Å²) in [6.07, 6.45) is 4.65. The van der Waals surface area contributed by atoms with E-state index in [9.17, 15) is 8.42 Å². The van der Waals surface area contributed by atoms with Crippen molar-refractivity contribution in [2.45, 2.75) is 51.7 Å². The van der Waals surface area contributed by atoms with E-state index in [1.165, 1.54) is 0 Å². The molecule has 2 rings (SSSR count). The summed E-state index contributed by atoms with van der Waals surface area (Å²) in [5.74, 6) is 0. The van der Waals surface area contributed by atoms with Crippen LogP contribution in [-0.2, 0) is 14.9 Å². The summed E-state index contributed by atoms with van der Waals surface area (Å²) in [5, 5.41) is 0. The normalized spacial score (nSPS) is 30.2. The Morgan fingerprint density at radius 2 is 1.62 bits per heavy atom. The minimum atomic E-state index is -3.31. The van der Waals surface area contributed by atoms with Crippen molar-refractivity contribution >= 4 is 10.2 Å². The molecule has 2 aliphatic rings. The van der Waals surface area contributed by atoms with Gasteiger partial charge in [0.2, 0.25) is 0 Å². The molecule has 0 radical (unpaired) electrons. The highest BCUT2D eigenvalue weighted by Gasteiger charge is 2.24. The van der Waals surface area contributed by atoms with Crippen LogP contribution in [0.4, 0.5) is 0 Å². The van der Waals surface area contributed by atoms with E-state index in [0.29, 0.717) is 19.6 Å². The lowest BCUT2D eigenvalue weighted by atomic mass is 10.2. The molecule has 0 spiro atoms. The van der Waals surface area contributed by atoms with Crippen molar-refractivity contribution in [1.82, 2.24) is 13.9 Å². The number of nitrogens with one attached hydrogen (secondary N) is 1. The van der Waals surface area contributed by atoms with Gasteiger partial charge in [-0.25, -0.2) is 4.72 Å². The third-order valence-electron chi connectivity index (χ3n) is 4.11. The van der Waals surface area contributed by atoms with Gasteiger partial charge in [-0.3, -0.25) is 4.90 Å². The zero-order chi connectivity index (χ0) is 15.3. The standard InChI is InChI=1S/C14H29N3O3S/c1-13-11-16(12-14(2)20-13)10-7-15-21(18,19)17-8-5-3-4-6-9-17/h13-15H,3-12H2,1-2H3/t13-,14+. The second kappa shape index (κ2) is 7.87. The third-order valence-corrected chi connectivity index (χ3v) is 5.73. The van der Waals surface area contributed by atoms with Crippen LogP contribution in [-0.4, -0.2) is 69.1 Å². The molecule has 7 heteroatoms. The summed E-state index contributed by atoms with van der Waals surface area (Å²) < 4.78 is 34.6. The summed E-state index contributed by atoms with van der Waals surface area (Å²) in [6, 6.07) is 0. The van der Waals surface area contributed by atoms with E-state index < -0.39 is 10.2 Å². The van der Waals surface area contributed by atoms with Gasteiger partial charge in [0.1, 0.15) is 0 Å². The number of morpholine rings is 1. The molecule has 0 aromatic rings. The fourth-order valence-electron chi connectivity index (χ4n) is 3.17. The van der Waals surface area contributed by atoms with Gasteiger partial charge in [0, 0.05) is 39.3 Å². The van der Waals surface area contributed by atoms with Crippen LogP contribution in [0.2, 0.25) is 0 Å². The number of nitrogens with zero attached hydrogens (tertiary/aromatic N) is 2. The van der Waals surface area contributed by atoms with Crippen LogP contribution in [0, 0.1) is 0 Å².